The number of carbonyl (C=O) groups excluding carboxylic acids is 1. The number of allylic oxidation sites excluding steroid dienone is 3. The lowest BCUT2D eigenvalue weighted by Crippen LogP contribution is -2.39. The number of carbonyl (C=O) groups is 1. The van der Waals surface area contributed by atoms with Gasteiger partial charge in [-0.2, -0.15) is 0 Å². The zero-order valence-electron chi connectivity index (χ0n) is 18.4. The number of benzene rings is 2. The average molecular weight is 454 g/mol. The lowest BCUT2D eigenvalue weighted by atomic mass is 9.88. The highest BCUT2D eigenvalue weighted by atomic mass is 35.5. The van der Waals surface area contributed by atoms with Gasteiger partial charge >= 0.3 is 0 Å². The SMILES string of the molecule is CC1=C=CC(Nc2nccc3ccc(Cl)cc23)=CC=C1C(=O)NC1CCc2ccccc2C1. The first-order valence-electron chi connectivity index (χ1n) is 11.1. The number of amides is 1. The second kappa shape index (κ2) is 9.11. The van der Waals surface area contributed by atoms with Crippen LogP contribution in [-0.2, 0) is 17.6 Å². The molecule has 0 fully saturated rings. The highest BCUT2D eigenvalue weighted by Gasteiger charge is 2.22. The molecule has 2 aliphatic carbocycles. The van der Waals surface area contributed by atoms with Crippen molar-refractivity contribution in [3.8, 4) is 0 Å². The molecule has 4 nitrogen and oxygen atoms in total. The van der Waals surface area contributed by atoms with E-state index in [9.17, 15) is 4.79 Å². The fraction of sp³-hybridized carbons (Fsp3) is 0.179. The van der Waals surface area contributed by atoms with Gasteiger partial charge in [-0.3, -0.25) is 4.79 Å². The van der Waals surface area contributed by atoms with Crippen LogP contribution in [0.15, 0.2) is 95.5 Å². The Hall–Kier alpha value is -3.59. The van der Waals surface area contributed by atoms with Gasteiger partial charge in [-0.1, -0.05) is 41.9 Å². The smallest absolute Gasteiger partial charge is 0.252 e. The van der Waals surface area contributed by atoms with Crippen molar-refractivity contribution in [2.75, 3.05) is 5.32 Å². The largest absolute Gasteiger partial charge is 0.349 e. The minimum atomic E-state index is -0.0645. The lowest BCUT2D eigenvalue weighted by Gasteiger charge is -2.25. The van der Waals surface area contributed by atoms with E-state index in [0.29, 0.717) is 16.4 Å². The molecule has 33 heavy (non-hydrogen) atoms. The second-order valence-corrected chi connectivity index (χ2v) is 8.88. The van der Waals surface area contributed by atoms with Crippen molar-refractivity contribution in [3.05, 3.63) is 112 Å². The summed E-state index contributed by atoms with van der Waals surface area (Å²) in [6.45, 7) is 1.91. The van der Waals surface area contributed by atoms with Crippen molar-refractivity contribution < 1.29 is 4.79 Å². The number of hydrogen-bond donors (Lipinski definition) is 2. The number of anilines is 1. The molecular weight excluding hydrogens is 430 g/mol. The quantitative estimate of drug-likeness (QED) is 0.483. The molecule has 0 bridgehead atoms. The Morgan fingerprint density at radius 3 is 2.85 bits per heavy atom. The maximum Gasteiger partial charge on any atom is 0.252 e. The molecule has 1 amide bonds. The topological polar surface area (TPSA) is 54.0 Å². The van der Waals surface area contributed by atoms with Crippen molar-refractivity contribution in [1.29, 1.82) is 0 Å². The van der Waals surface area contributed by atoms with E-state index in [2.05, 4.69) is 45.6 Å². The third kappa shape index (κ3) is 4.63. The van der Waals surface area contributed by atoms with Crippen LogP contribution >= 0.6 is 11.6 Å². The Balaban J connectivity index is 1.34. The zero-order chi connectivity index (χ0) is 22.8. The second-order valence-electron chi connectivity index (χ2n) is 8.45. The molecule has 0 spiro atoms. The summed E-state index contributed by atoms with van der Waals surface area (Å²) in [5, 5.41) is 9.21. The van der Waals surface area contributed by atoms with Crippen molar-refractivity contribution in [3.63, 3.8) is 0 Å². The number of nitrogens with one attached hydrogen (secondary N) is 2. The van der Waals surface area contributed by atoms with Crippen LogP contribution in [0.2, 0.25) is 5.02 Å². The number of halogens is 1. The molecule has 5 rings (SSSR count). The first-order chi connectivity index (χ1) is 16.1. The molecule has 1 unspecified atom stereocenters. The molecule has 1 heterocycles. The van der Waals surface area contributed by atoms with Gasteiger partial charge in [-0.05, 0) is 73.1 Å². The fourth-order valence-corrected chi connectivity index (χ4v) is 4.57. The third-order valence-corrected chi connectivity index (χ3v) is 6.43. The molecule has 1 atom stereocenters. The normalized spacial score (nSPS) is 17.4. The van der Waals surface area contributed by atoms with E-state index >= 15 is 0 Å². The maximum atomic E-state index is 13.1. The molecule has 0 radical (unpaired) electrons. The van der Waals surface area contributed by atoms with Gasteiger partial charge in [0, 0.05) is 40.0 Å². The van der Waals surface area contributed by atoms with Crippen LogP contribution in [0.25, 0.3) is 10.8 Å². The van der Waals surface area contributed by atoms with Crippen LogP contribution in [0.1, 0.15) is 24.5 Å². The van der Waals surface area contributed by atoms with E-state index in [4.69, 9.17) is 11.6 Å². The summed E-state index contributed by atoms with van der Waals surface area (Å²) in [6.07, 6.45) is 10.1. The molecule has 2 aromatic carbocycles. The lowest BCUT2D eigenvalue weighted by molar-refractivity contribution is -0.118. The summed E-state index contributed by atoms with van der Waals surface area (Å²) in [6, 6.07) is 16.3. The molecule has 2 aliphatic rings. The van der Waals surface area contributed by atoms with E-state index in [1.54, 1.807) is 6.20 Å². The number of aromatic nitrogens is 1. The van der Waals surface area contributed by atoms with Gasteiger partial charge in [-0.15, -0.1) is 5.73 Å². The van der Waals surface area contributed by atoms with Gasteiger partial charge in [0.1, 0.15) is 5.82 Å². The Bertz CT molecular complexity index is 1380. The van der Waals surface area contributed by atoms with E-state index in [0.717, 1.165) is 41.3 Å². The summed E-state index contributed by atoms with van der Waals surface area (Å²) < 4.78 is 0. The number of hydrogen-bond acceptors (Lipinski definition) is 3. The Kier molecular flexibility index (Phi) is 5.87. The average Bonchev–Trinajstić information content (AvgIpc) is 3.00. The molecule has 0 saturated heterocycles. The van der Waals surface area contributed by atoms with Gasteiger partial charge in [0.15, 0.2) is 0 Å². The number of nitrogens with zero attached hydrogens (tertiary/aromatic N) is 1. The molecule has 164 valence electrons. The standard InChI is InChI=1S/C28H24ClN3O/c1-18-6-10-23(31-27-26-17-22(29)9-7-20(26)14-15-30-27)12-13-25(18)28(33)32-24-11-8-19-4-2-3-5-21(19)16-24/h2-5,7,9-10,12-15,17,24H,8,11,16H2,1H3,(H,30,31)(H,32,33). The molecule has 0 aliphatic heterocycles. The first-order valence-corrected chi connectivity index (χ1v) is 11.5. The Morgan fingerprint density at radius 2 is 1.97 bits per heavy atom. The van der Waals surface area contributed by atoms with E-state index < -0.39 is 0 Å². The van der Waals surface area contributed by atoms with Crippen LogP contribution in [-0.4, -0.2) is 16.9 Å². The number of aryl methyl sites for hydroxylation is 1. The highest BCUT2D eigenvalue weighted by Crippen LogP contribution is 2.26. The molecule has 5 heteroatoms. The monoisotopic (exact) mass is 453 g/mol. The predicted molar refractivity (Wildman–Crippen MR) is 134 cm³/mol. The summed E-state index contributed by atoms with van der Waals surface area (Å²) in [7, 11) is 0. The molecule has 3 aromatic rings. The van der Waals surface area contributed by atoms with Crippen LogP contribution in [0.4, 0.5) is 5.82 Å². The summed E-state index contributed by atoms with van der Waals surface area (Å²) in [5.41, 5.74) is 8.16. The van der Waals surface area contributed by atoms with Gasteiger partial charge in [-0.25, -0.2) is 4.98 Å². The van der Waals surface area contributed by atoms with Crippen molar-refractivity contribution >= 4 is 34.1 Å². The van der Waals surface area contributed by atoms with Gasteiger partial charge < -0.3 is 10.6 Å². The number of rotatable bonds is 4. The summed E-state index contributed by atoms with van der Waals surface area (Å²) in [5.74, 6) is 0.643. The number of fused-ring (bicyclic) bond motifs is 2. The van der Waals surface area contributed by atoms with Gasteiger partial charge in [0.2, 0.25) is 0 Å². The molecule has 1 aromatic heterocycles. The van der Waals surface area contributed by atoms with Crippen molar-refractivity contribution in [2.45, 2.75) is 32.2 Å². The van der Waals surface area contributed by atoms with Gasteiger partial charge in [0.05, 0.1) is 5.57 Å². The first kappa shape index (κ1) is 21.3. The minimum absolute atomic E-state index is 0.0645. The summed E-state index contributed by atoms with van der Waals surface area (Å²) >= 11 is 6.19. The molecule has 0 saturated carbocycles. The van der Waals surface area contributed by atoms with Crippen LogP contribution in [0.5, 0.6) is 0 Å². The van der Waals surface area contributed by atoms with Crippen LogP contribution < -0.4 is 10.6 Å². The highest BCUT2D eigenvalue weighted by molar-refractivity contribution is 6.31. The summed E-state index contributed by atoms with van der Waals surface area (Å²) in [4.78, 5) is 17.6. The predicted octanol–water partition coefficient (Wildman–Crippen LogP) is 5.90. The molecule has 2 N–H and O–H groups in total. The Labute approximate surface area is 198 Å². The van der Waals surface area contributed by atoms with Crippen molar-refractivity contribution in [1.82, 2.24) is 10.3 Å². The van der Waals surface area contributed by atoms with E-state index in [-0.39, 0.29) is 11.9 Å². The fourth-order valence-electron chi connectivity index (χ4n) is 4.39. The third-order valence-electron chi connectivity index (χ3n) is 6.20. The zero-order valence-corrected chi connectivity index (χ0v) is 19.1. The van der Waals surface area contributed by atoms with Crippen molar-refractivity contribution in [2.24, 2.45) is 0 Å². The van der Waals surface area contributed by atoms with Gasteiger partial charge in [0.25, 0.3) is 5.91 Å². The minimum Gasteiger partial charge on any atom is -0.349 e. The molecular formula is C28H24ClN3O. The Morgan fingerprint density at radius 1 is 1.12 bits per heavy atom. The number of pyridine rings is 1. The van der Waals surface area contributed by atoms with E-state index in [1.807, 2.05) is 49.4 Å². The maximum absolute atomic E-state index is 13.1. The van der Waals surface area contributed by atoms with Crippen LogP contribution in [0.3, 0.4) is 0 Å². The van der Waals surface area contributed by atoms with Crippen LogP contribution in [0, 0.1) is 0 Å². The van der Waals surface area contributed by atoms with E-state index in [1.165, 1.54) is 11.1 Å².